The SMILES string of the molecule is CC=O.CCC1COc2[c-]cc(O)cc21.CCc1cc(-c2cccc([NH-])c2F)cc2cnc(NC3CCN(CC)CC3)nc12.CSC.O.[W+2]. The Balaban J connectivity index is 0.000000499. The number of halogens is 1. The van der Waals surface area contributed by atoms with Crippen LogP contribution in [0.3, 0.4) is 0 Å². The molecule has 1 aromatic heterocycles. The molecule has 3 heterocycles. The van der Waals surface area contributed by atoms with Gasteiger partial charge in [-0.15, -0.1) is 29.4 Å². The molecule has 9 nitrogen and oxygen atoms in total. The molecule has 6 rings (SSSR count). The largest absolute Gasteiger partial charge is 2.00 e. The molecule has 1 fully saturated rings. The molecule has 0 aliphatic carbocycles. The third-order valence-electron chi connectivity index (χ3n) is 8.10. The number of phenols is 1. The van der Waals surface area contributed by atoms with Gasteiger partial charge in [0.2, 0.25) is 5.95 Å². The van der Waals surface area contributed by atoms with Gasteiger partial charge in [-0.1, -0.05) is 45.4 Å². The van der Waals surface area contributed by atoms with Crippen LogP contribution < -0.4 is 10.1 Å². The molecule has 4 aromatic rings. The first-order valence-corrected chi connectivity index (χ1v) is 17.8. The van der Waals surface area contributed by atoms with Crippen LogP contribution in [0.15, 0.2) is 48.7 Å². The monoisotopic (exact) mass is 863 g/mol. The first kappa shape index (κ1) is 43.8. The second-order valence-electron chi connectivity index (χ2n) is 11.3. The zero-order valence-corrected chi connectivity index (χ0v) is 33.1. The molecule has 0 saturated carbocycles. The number of aromatic nitrogens is 2. The van der Waals surface area contributed by atoms with E-state index in [1.54, 1.807) is 30.0 Å². The second-order valence-corrected chi connectivity index (χ2v) is 12.2. The van der Waals surface area contributed by atoms with Crippen molar-refractivity contribution in [2.24, 2.45) is 0 Å². The van der Waals surface area contributed by atoms with Crippen LogP contribution in [0.2, 0.25) is 0 Å². The number of benzene rings is 3. The molecule has 1 saturated heterocycles. The van der Waals surface area contributed by atoms with Crippen molar-refractivity contribution in [1.29, 1.82) is 0 Å². The van der Waals surface area contributed by atoms with E-state index in [2.05, 4.69) is 42.0 Å². The van der Waals surface area contributed by atoms with Crippen molar-refractivity contribution < 1.29 is 45.6 Å². The molecule has 266 valence electrons. The van der Waals surface area contributed by atoms with E-state index < -0.39 is 5.82 Å². The number of carbonyl (C=O) groups excluding carboxylic acids is 1. The van der Waals surface area contributed by atoms with Gasteiger partial charge in [-0.05, 0) is 74.4 Å². The van der Waals surface area contributed by atoms with E-state index in [-0.39, 0.29) is 38.0 Å². The molecule has 2 aliphatic heterocycles. The van der Waals surface area contributed by atoms with Crippen molar-refractivity contribution in [3.63, 3.8) is 0 Å². The number of phenolic OH excluding ortho intramolecular Hbond substituents is 1. The number of hydrogen-bond acceptors (Lipinski definition) is 8. The number of anilines is 1. The number of aryl methyl sites for hydroxylation is 1. The summed E-state index contributed by atoms with van der Waals surface area (Å²) in [5.74, 6) is 1.68. The number of nitrogens with one attached hydrogen (secondary N) is 2. The first-order chi connectivity index (χ1) is 22.7. The van der Waals surface area contributed by atoms with Crippen molar-refractivity contribution >= 4 is 40.6 Å². The van der Waals surface area contributed by atoms with Crippen LogP contribution in [0.1, 0.15) is 64.0 Å². The van der Waals surface area contributed by atoms with Crippen LogP contribution in [0.4, 0.5) is 16.0 Å². The zero-order valence-electron chi connectivity index (χ0n) is 29.3. The summed E-state index contributed by atoms with van der Waals surface area (Å²) in [6, 6.07) is 15.4. The smallest absolute Gasteiger partial charge is 0.696 e. The topological polar surface area (TPSA) is 143 Å². The molecule has 0 radical (unpaired) electrons. The number of likely N-dealkylation sites (tertiary alicyclic amines) is 1. The molecule has 0 spiro atoms. The molecule has 12 heteroatoms. The molecule has 1 atom stereocenters. The van der Waals surface area contributed by atoms with Crippen LogP contribution in [0, 0.1) is 11.9 Å². The van der Waals surface area contributed by atoms with E-state index in [4.69, 9.17) is 20.2 Å². The van der Waals surface area contributed by atoms with Gasteiger partial charge >= 0.3 is 21.1 Å². The molecular weight excluding hydrogens is 813 g/mol. The predicted octanol–water partition coefficient (Wildman–Crippen LogP) is 8.01. The quantitative estimate of drug-likeness (QED) is 0.147. The van der Waals surface area contributed by atoms with Crippen molar-refractivity contribution in [1.82, 2.24) is 14.9 Å². The third kappa shape index (κ3) is 12.2. The molecule has 0 amide bonds. The Morgan fingerprint density at radius 2 is 1.86 bits per heavy atom. The summed E-state index contributed by atoms with van der Waals surface area (Å²) in [5.41, 5.74) is 11.9. The summed E-state index contributed by atoms with van der Waals surface area (Å²) in [5, 5.41) is 13.6. The molecule has 2 aliphatic rings. The van der Waals surface area contributed by atoms with Crippen LogP contribution >= 0.6 is 11.8 Å². The van der Waals surface area contributed by atoms with Crippen LogP contribution in [-0.2, 0) is 32.3 Å². The number of piperidine rings is 1. The van der Waals surface area contributed by atoms with Crippen molar-refractivity contribution in [3.05, 3.63) is 77.4 Å². The zero-order chi connectivity index (χ0) is 34.3. The average molecular weight is 864 g/mol. The fourth-order valence-corrected chi connectivity index (χ4v) is 5.57. The normalized spacial score (nSPS) is 14.9. The van der Waals surface area contributed by atoms with Gasteiger partial charge < -0.3 is 36.1 Å². The van der Waals surface area contributed by atoms with Gasteiger partial charge in [0.25, 0.3) is 0 Å². The molecule has 5 N–H and O–H groups in total. The number of thioether (sulfide) groups is 1. The van der Waals surface area contributed by atoms with Crippen LogP contribution in [-0.4, -0.2) is 76.5 Å². The van der Waals surface area contributed by atoms with E-state index in [1.807, 2.05) is 30.8 Å². The average Bonchev–Trinajstić information content (AvgIpc) is 3.49. The van der Waals surface area contributed by atoms with Crippen molar-refractivity contribution in [3.8, 4) is 22.6 Å². The maximum Gasteiger partial charge on any atom is 2.00 e. The standard InChI is InChI=1S/C23H27FN5.C10H11O2.C2H4O.C2H6S.H2O.W/c1-3-15-12-16(19-6-5-7-20(25)21(19)24)13-17-14-26-23(28-22(15)17)27-18-8-10-29(4-2)11-9-18;1-2-7-6-12-10-4-3-8(11)5-9(7)10;1-2-3;1-3-2;;/h5-7,12-14,18,25H,3-4,8-11H2,1-2H3,(H,26,27,28);3,5,7,11H,2,6H2,1H3;2H,1H3;1-2H3;1H2;/q2*-1;;;;+2. The third-order valence-corrected chi connectivity index (χ3v) is 8.10. The Morgan fingerprint density at radius 3 is 2.47 bits per heavy atom. The van der Waals surface area contributed by atoms with Gasteiger partial charge in [0.05, 0.1) is 12.1 Å². The van der Waals surface area contributed by atoms with Crippen LogP contribution in [0.25, 0.3) is 27.8 Å². The molecule has 49 heavy (non-hydrogen) atoms. The minimum atomic E-state index is -0.494. The van der Waals surface area contributed by atoms with Crippen molar-refractivity contribution in [2.45, 2.75) is 65.3 Å². The molecule has 1 unspecified atom stereocenters. The number of nitrogens with zero attached hydrogens (tertiary/aromatic N) is 3. The van der Waals surface area contributed by atoms with E-state index >= 15 is 0 Å². The second kappa shape index (κ2) is 22.5. The van der Waals surface area contributed by atoms with Gasteiger partial charge in [-0.2, -0.15) is 11.8 Å². The van der Waals surface area contributed by atoms with E-state index in [9.17, 15) is 9.50 Å². The number of aldehydes is 1. The van der Waals surface area contributed by atoms with Crippen LogP contribution in [0.5, 0.6) is 11.5 Å². The minimum Gasteiger partial charge on any atom is -0.696 e. The minimum absolute atomic E-state index is 0. The van der Waals surface area contributed by atoms with Gasteiger partial charge in [-0.3, -0.25) is 0 Å². The summed E-state index contributed by atoms with van der Waals surface area (Å²) in [6.07, 6.45) is 10.7. The summed E-state index contributed by atoms with van der Waals surface area (Å²) >= 11 is 1.75. The molecular formula is C37H50FN5O4SW. The summed E-state index contributed by atoms with van der Waals surface area (Å²) in [4.78, 5) is 20.6. The Labute approximate surface area is 309 Å². The van der Waals surface area contributed by atoms with Crippen molar-refractivity contribution in [2.75, 3.05) is 44.1 Å². The number of rotatable bonds is 6. The number of carbonyl (C=O) groups is 1. The van der Waals surface area contributed by atoms with Gasteiger partial charge in [-0.25, -0.2) is 14.4 Å². The van der Waals surface area contributed by atoms with Gasteiger partial charge in [0.15, 0.2) is 0 Å². The fraction of sp³-hybridized carbons (Fsp3) is 0.432. The maximum atomic E-state index is 14.5. The van der Waals surface area contributed by atoms with E-state index in [0.717, 1.165) is 91.6 Å². The maximum absolute atomic E-state index is 14.5. The molecule has 3 aromatic carbocycles. The number of fused-ring (bicyclic) bond motifs is 2. The summed E-state index contributed by atoms with van der Waals surface area (Å²) in [6.45, 7) is 11.9. The molecule has 0 bridgehead atoms. The summed E-state index contributed by atoms with van der Waals surface area (Å²) in [7, 11) is 0. The Bertz CT molecular complexity index is 1590. The number of hydrogen-bond donors (Lipinski definition) is 2. The Kier molecular flexibility index (Phi) is 20.1. The van der Waals surface area contributed by atoms with Gasteiger partial charge in [0, 0.05) is 47.8 Å². The first-order valence-electron chi connectivity index (χ1n) is 16.2. The summed E-state index contributed by atoms with van der Waals surface area (Å²) < 4.78 is 19.9. The van der Waals surface area contributed by atoms with E-state index in [0.29, 0.717) is 23.5 Å². The number of aromatic hydroxyl groups is 1. The number of ether oxygens (including phenoxy) is 1. The Morgan fingerprint density at radius 1 is 1.18 bits per heavy atom. The Hall–Kier alpha value is -3.24. The fourth-order valence-electron chi connectivity index (χ4n) is 5.57. The van der Waals surface area contributed by atoms with Gasteiger partial charge in [0.1, 0.15) is 12.1 Å². The predicted molar refractivity (Wildman–Crippen MR) is 197 cm³/mol. The van der Waals surface area contributed by atoms with E-state index in [1.165, 1.54) is 19.1 Å².